The highest BCUT2D eigenvalue weighted by atomic mass is 16.5. The van der Waals surface area contributed by atoms with Gasteiger partial charge in [-0.15, -0.1) is 0 Å². The maximum absolute atomic E-state index is 11.0. The van der Waals surface area contributed by atoms with E-state index in [1.165, 1.54) is 12.8 Å². The fraction of sp³-hybridized carbons (Fsp3) is 0.900. The lowest BCUT2D eigenvalue weighted by atomic mass is 10.3. The molecule has 0 aromatic carbocycles. The van der Waals surface area contributed by atoms with Crippen molar-refractivity contribution < 1.29 is 9.53 Å². The van der Waals surface area contributed by atoms with Gasteiger partial charge in [0.15, 0.2) is 0 Å². The molecule has 13 heavy (non-hydrogen) atoms. The van der Waals surface area contributed by atoms with Crippen LogP contribution in [-0.2, 0) is 9.53 Å². The summed E-state index contributed by atoms with van der Waals surface area (Å²) in [6.45, 7) is 5.65. The number of carbonyl (C=O) groups excluding carboxylic acids is 1. The van der Waals surface area contributed by atoms with Crippen LogP contribution < -0.4 is 5.73 Å². The van der Waals surface area contributed by atoms with E-state index >= 15 is 0 Å². The molecule has 0 heterocycles. The molecule has 2 N–H and O–H groups in total. The minimum atomic E-state index is -0.476. The van der Waals surface area contributed by atoms with E-state index < -0.39 is 6.04 Å². The predicted octanol–water partition coefficient (Wildman–Crippen LogP) is 1.85. The molecule has 0 aromatic heterocycles. The van der Waals surface area contributed by atoms with Crippen LogP contribution in [0.5, 0.6) is 0 Å². The summed E-state index contributed by atoms with van der Waals surface area (Å²) in [7, 11) is 0. The lowest BCUT2D eigenvalue weighted by molar-refractivity contribution is -0.149. The molecule has 1 saturated carbocycles. The van der Waals surface area contributed by atoms with Crippen LogP contribution in [0.2, 0.25) is 0 Å². The molecule has 0 spiro atoms. The zero-order valence-electron chi connectivity index (χ0n) is 8.88. The second-order valence-corrected chi connectivity index (χ2v) is 3.13. The zero-order chi connectivity index (χ0) is 10.3. The van der Waals surface area contributed by atoms with Crippen molar-refractivity contribution in [1.82, 2.24) is 0 Å². The van der Waals surface area contributed by atoms with Crippen LogP contribution in [0.3, 0.4) is 0 Å². The highest BCUT2D eigenvalue weighted by Gasteiger charge is 2.20. The number of hydrogen-bond acceptors (Lipinski definition) is 3. The zero-order valence-corrected chi connectivity index (χ0v) is 8.88. The molecule has 1 atom stereocenters. The van der Waals surface area contributed by atoms with Gasteiger partial charge in [0, 0.05) is 0 Å². The molecular formula is C10H21NO2. The largest absolute Gasteiger partial charge is 0.461 e. The van der Waals surface area contributed by atoms with Crippen molar-refractivity contribution in [2.75, 3.05) is 0 Å². The molecular weight excluding hydrogens is 166 g/mol. The van der Waals surface area contributed by atoms with Crippen LogP contribution in [0, 0.1) is 0 Å². The predicted molar refractivity (Wildman–Crippen MR) is 53.3 cm³/mol. The average Bonchev–Trinajstić information content (AvgIpc) is 2.60. The normalized spacial score (nSPS) is 18.8. The van der Waals surface area contributed by atoms with Gasteiger partial charge in [0.25, 0.3) is 0 Å². The van der Waals surface area contributed by atoms with Crippen molar-refractivity contribution in [3.63, 3.8) is 0 Å². The summed E-state index contributed by atoms with van der Waals surface area (Å²) in [6.07, 6.45) is 4.53. The highest BCUT2D eigenvalue weighted by Crippen LogP contribution is 2.20. The van der Waals surface area contributed by atoms with Crippen molar-refractivity contribution in [3.8, 4) is 0 Å². The van der Waals surface area contributed by atoms with Crippen LogP contribution in [0.4, 0.5) is 0 Å². The van der Waals surface area contributed by atoms with E-state index in [4.69, 9.17) is 10.5 Å². The molecule has 0 bridgehead atoms. The van der Waals surface area contributed by atoms with Gasteiger partial charge in [-0.1, -0.05) is 13.8 Å². The second-order valence-electron chi connectivity index (χ2n) is 3.13. The number of rotatable bonds is 2. The Bertz CT molecular complexity index is 140. The van der Waals surface area contributed by atoms with E-state index in [1.54, 1.807) is 6.92 Å². The first-order valence-electron chi connectivity index (χ1n) is 5.16. The summed E-state index contributed by atoms with van der Waals surface area (Å²) in [5.41, 5.74) is 5.34. The Kier molecular flexibility index (Phi) is 6.59. The Morgan fingerprint density at radius 1 is 1.38 bits per heavy atom. The number of carbonyl (C=O) groups is 1. The van der Waals surface area contributed by atoms with E-state index in [2.05, 4.69) is 0 Å². The summed E-state index contributed by atoms with van der Waals surface area (Å²) in [5.74, 6) is -0.267. The maximum Gasteiger partial charge on any atom is 0.322 e. The first-order valence-corrected chi connectivity index (χ1v) is 5.16. The first kappa shape index (κ1) is 12.4. The van der Waals surface area contributed by atoms with Gasteiger partial charge in [-0.05, 0) is 32.6 Å². The number of esters is 1. The summed E-state index contributed by atoms with van der Waals surface area (Å²) in [6, 6.07) is -0.476. The minimum Gasteiger partial charge on any atom is -0.461 e. The van der Waals surface area contributed by atoms with Crippen LogP contribution in [-0.4, -0.2) is 18.1 Å². The van der Waals surface area contributed by atoms with Gasteiger partial charge in [0.05, 0.1) is 0 Å². The monoisotopic (exact) mass is 187 g/mol. The molecule has 1 fully saturated rings. The van der Waals surface area contributed by atoms with Crippen molar-refractivity contribution in [2.45, 2.75) is 58.6 Å². The molecule has 1 unspecified atom stereocenters. The van der Waals surface area contributed by atoms with E-state index in [0.717, 1.165) is 12.8 Å². The molecule has 0 aliphatic heterocycles. The second kappa shape index (κ2) is 6.89. The Labute approximate surface area is 80.6 Å². The summed E-state index contributed by atoms with van der Waals surface area (Å²) < 4.78 is 5.11. The number of ether oxygens (including phenoxy) is 1. The highest BCUT2D eigenvalue weighted by molar-refractivity contribution is 5.75. The first-order chi connectivity index (χ1) is 6.20. The third-order valence-electron chi connectivity index (χ3n) is 1.96. The number of nitrogens with two attached hydrogens (primary N) is 1. The smallest absolute Gasteiger partial charge is 0.322 e. The Morgan fingerprint density at radius 2 is 1.85 bits per heavy atom. The van der Waals surface area contributed by atoms with Crippen LogP contribution >= 0.6 is 0 Å². The van der Waals surface area contributed by atoms with Gasteiger partial charge in [0.1, 0.15) is 12.1 Å². The molecule has 0 radical (unpaired) electrons. The molecule has 0 aromatic rings. The lowest BCUT2D eigenvalue weighted by Crippen LogP contribution is -2.31. The molecule has 0 saturated heterocycles. The third-order valence-corrected chi connectivity index (χ3v) is 1.96. The van der Waals surface area contributed by atoms with Crippen molar-refractivity contribution in [2.24, 2.45) is 5.73 Å². The van der Waals surface area contributed by atoms with E-state index in [0.29, 0.717) is 0 Å². The average molecular weight is 187 g/mol. The SMILES string of the molecule is CC.CC(N)C(=O)OC1CCCC1. The summed E-state index contributed by atoms with van der Waals surface area (Å²) in [4.78, 5) is 11.0. The van der Waals surface area contributed by atoms with E-state index in [-0.39, 0.29) is 12.1 Å². The van der Waals surface area contributed by atoms with Gasteiger partial charge in [-0.3, -0.25) is 4.79 Å². The van der Waals surface area contributed by atoms with E-state index in [9.17, 15) is 4.79 Å². The molecule has 3 nitrogen and oxygen atoms in total. The van der Waals surface area contributed by atoms with E-state index in [1.807, 2.05) is 13.8 Å². The fourth-order valence-corrected chi connectivity index (χ4v) is 1.28. The molecule has 1 rings (SSSR count). The standard InChI is InChI=1S/C8H15NO2.C2H6/c1-6(9)8(10)11-7-4-2-3-5-7;1-2/h6-7H,2-5,9H2,1H3;1-2H3. The van der Waals surface area contributed by atoms with Gasteiger partial charge < -0.3 is 10.5 Å². The topological polar surface area (TPSA) is 52.3 Å². The van der Waals surface area contributed by atoms with Gasteiger partial charge in [0.2, 0.25) is 0 Å². The summed E-state index contributed by atoms with van der Waals surface area (Å²) >= 11 is 0. The van der Waals surface area contributed by atoms with Crippen LogP contribution in [0.15, 0.2) is 0 Å². The van der Waals surface area contributed by atoms with Crippen molar-refractivity contribution in [1.29, 1.82) is 0 Å². The van der Waals surface area contributed by atoms with Gasteiger partial charge in [-0.2, -0.15) is 0 Å². The Hall–Kier alpha value is -0.570. The van der Waals surface area contributed by atoms with Crippen LogP contribution in [0.25, 0.3) is 0 Å². The fourth-order valence-electron chi connectivity index (χ4n) is 1.28. The molecule has 3 heteroatoms. The third kappa shape index (κ3) is 4.88. The maximum atomic E-state index is 11.0. The Balaban J connectivity index is 0.000000671. The van der Waals surface area contributed by atoms with Gasteiger partial charge in [-0.25, -0.2) is 0 Å². The van der Waals surface area contributed by atoms with Crippen molar-refractivity contribution >= 4 is 5.97 Å². The molecule has 78 valence electrons. The van der Waals surface area contributed by atoms with Gasteiger partial charge >= 0.3 is 5.97 Å². The van der Waals surface area contributed by atoms with Crippen molar-refractivity contribution in [3.05, 3.63) is 0 Å². The molecule has 1 aliphatic rings. The summed E-state index contributed by atoms with van der Waals surface area (Å²) in [5, 5.41) is 0. The number of hydrogen-bond donors (Lipinski definition) is 1. The lowest BCUT2D eigenvalue weighted by Gasteiger charge is -2.12. The molecule has 1 aliphatic carbocycles. The van der Waals surface area contributed by atoms with Crippen LogP contribution in [0.1, 0.15) is 46.5 Å². The quantitative estimate of drug-likeness (QED) is 0.671. The molecule has 0 amide bonds. The Morgan fingerprint density at radius 3 is 2.23 bits per heavy atom. The minimum absolute atomic E-state index is 0.147.